The third-order valence-corrected chi connectivity index (χ3v) is 1.77. The number of hydrogen-bond acceptors (Lipinski definition) is 4. The van der Waals surface area contributed by atoms with Gasteiger partial charge in [0.1, 0.15) is 6.61 Å². The first-order chi connectivity index (χ1) is 7.11. The summed E-state index contributed by atoms with van der Waals surface area (Å²) < 4.78 is 10.2. The smallest absolute Gasteiger partial charge is 0.333 e. The molecule has 1 heterocycles. The van der Waals surface area contributed by atoms with Gasteiger partial charge >= 0.3 is 5.97 Å². The third-order valence-electron chi connectivity index (χ3n) is 1.77. The second-order valence-corrected chi connectivity index (χ2v) is 3.12. The standard InChI is InChI=1S/C9H14O3.CH2O2/c1-7(2)9(10)12-6-8-4-3-5-11-8;2-1-3/h8H,1,3-6H2,2H3;1H,(H,2,3). The lowest BCUT2D eigenvalue weighted by molar-refractivity contribution is -0.142. The molecule has 0 aromatic heterocycles. The van der Waals surface area contributed by atoms with Gasteiger partial charge < -0.3 is 14.6 Å². The first kappa shape index (κ1) is 13.6. The molecule has 0 radical (unpaired) electrons. The second-order valence-electron chi connectivity index (χ2n) is 3.12. The van der Waals surface area contributed by atoms with Gasteiger partial charge in [-0.25, -0.2) is 4.79 Å². The number of carbonyl (C=O) groups is 2. The topological polar surface area (TPSA) is 72.8 Å². The molecule has 0 aromatic rings. The summed E-state index contributed by atoms with van der Waals surface area (Å²) in [5, 5.41) is 6.89. The van der Waals surface area contributed by atoms with Crippen LogP contribution in [0.4, 0.5) is 0 Å². The van der Waals surface area contributed by atoms with E-state index in [1.807, 2.05) is 0 Å². The first-order valence-electron chi connectivity index (χ1n) is 4.64. The normalized spacial score (nSPS) is 18.6. The van der Waals surface area contributed by atoms with Crippen LogP contribution in [0, 0.1) is 0 Å². The SMILES string of the molecule is C=C(C)C(=O)OCC1CCCO1.O=CO. The Morgan fingerprint density at radius 1 is 1.73 bits per heavy atom. The summed E-state index contributed by atoms with van der Waals surface area (Å²) in [5.74, 6) is -0.328. The van der Waals surface area contributed by atoms with E-state index in [1.54, 1.807) is 6.92 Å². The van der Waals surface area contributed by atoms with Crippen molar-refractivity contribution in [2.75, 3.05) is 13.2 Å². The molecule has 0 spiro atoms. The maximum atomic E-state index is 10.9. The number of carbonyl (C=O) groups excluding carboxylic acids is 1. The van der Waals surface area contributed by atoms with Crippen molar-refractivity contribution in [2.45, 2.75) is 25.9 Å². The molecule has 0 aliphatic carbocycles. The van der Waals surface area contributed by atoms with Gasteiger partial charge in [0.25, 0.3) is 6.47 Å². The summed E-state index contributed by atoms with van der Waals surface area (Å²) in [6.45, 7) is 6.03. The van der Waals surface area contributed by atoms with Gasteiger partial charge in [0.05, 0.1) is 6.10 Å². The Balaban J connectivity index is 0.000000583. The van der Waals surface area contributed by atoms with Crippen molar-refractivity contribution < 1.29 is 24.2 Å². The van der Waals surface area contributed by atoms with Crippen molar-refractivity contribution in [3.8, 4) is 0 Å². The fourth-order valence-electron chi connectivity index (χ4n) is 1.07. The third kappa shape index (κ3) is 6.68. The van der Waals surface area contributed by atoms with Crippen LogP contribution in [0.5, 0.6) is 0 Å². The van der Waals surface area contributed by atoms with Gasteiger partial charge in [-0.1, -0.05) is 6.58 Å². The summed E-state index contributed by atoms with van der Waals surface area (Å²) in [4.78, 5) is 19.3. The average Bonchev–Trinajstić information content (AvgIpc) is 2.67. The van der Waals surface area contributed by atoms with Gasteiger partial charge in [0, 0.05) is 12.2 Å². The van der Waals surface area contributed by atoms with Gasteiger partial charge in [0.2, 0.25) is 0 Å². The molecule has 1 atom stereocenters. The minimum Gasteiger partial charge on any atom is -0.483 e. The predicted octanol–water partition coefficient (Wildman–Crippen LogP) is 0.985. The van der Waals surface area contributed by atoms with E-state index in [2.05, 4.69) is 6.58 Å². The van der Waals surface area contributed by atoms with Crippen molar-refractivity contribution in [2.24, 2.45) is 0 Å². The molecular weight excluding hydrogens is 200 g/mol. The van der Waals surface area contributed by atoms with Crippen LogP contribution in [0.25, 0.3) is 0 Å². The second kappa shape index (κ2) is 7.99. The largest absolute Gasteiger partial charge is 0.483 e. The molecule has 1 saturated heterocycles. The highest BCUT2D eigenvalue weighted by Crippen LogP contribution is 2.12. The summed E-state index contributed by atoms with van der Waals surface area (Å²) in [6.07, 6.45) is 2.16. The van der Waals surface area contributed by atoms with E-state index in [1.165, 1.54) is 0 Å². The molecule has 86 valence electrons. The summed E-state index contributed by atoms with van der Waals surface area (Å²) in [5.41, 5.74) is 0.438. The zero-order chi connectivity index (χ0) is 11.7. The number of rotatable bonds is 3. The molecular formula is C10H16O5. The monoisotopic (exact) mass is 216 g/mol. The number of hydrogen-bond donors (Lipinski definition) is 1. The molecule has 1 aliphatic rings. The summed E-state index contributed by atoms with van der Waals surface area (Å²) in [7, 11) is 0. The Morgan fingerprint density at radius 3 is 2.73 bits per heavy atom. The maximum absolute atomic E-state index is 10.9. The van der Waals surface area contributed by atoms with Gasteiger partial charge in [-0.05, 0) is 19.8 Å². The van der Waals surface area contributed by atoms with Crippen molar-refractivity contribution in [3.05, 3.63) is 12.2 Å². The lowest BCUT2D eigenvalue weighted by atomic mass is 10.2. The van der Waals surface area contributed by atoms with Gasteiger partial charge in [-0.3, -0.25) is 4.79 Å². The van der Waals surface area contributed by atoms with Crippen LogP contribution in [-0.4, -0.2) is 36.9 Å². The van der Waals surface area contributed by atoms with Gasteiger partial charge in [0.15, 0.2) is 0 Å². The van der Waals surface area contributed by atoms with E-state index < -0.39 is 0 Å². The van der Waals surface area contributed by atoms with Gasteiger partial charge in [-0.15, -0.1) is 0 Å². The van der Waals surface area contributed by atoms with Crippen molar-refractivity contribution in [3.63, 3.8) is 0 Å². The number of carboxylic acid groups (broad SMARTS) is 1. The Kier molecular flexibility index (Phi) is 7.27. The van der Waals surface area contributed by atoms with Crippen molar-refractivity contribution in [1.29, 1.82) is 0 Å². The molecule has 0 saturated carbocycles. The highest BCUT2D eigenvalue weighted by atomic mass is 16.6. The van der Waals surface area contributed by atoms with E-state index in [0.717, 1.165) is 19.4 Å². The molecule has 5 heteroatoms. The Morgan fingerprint density at radius 2 is 2.33 bits per heavy atom. The van der Waals surface area contributed by atoms with E-state index in [4.69, 9.17) is 19.4 Å². The highest BCUT2D eigenvalue weighted by molar-refractivity contribution is 5.86. The van der Waals surface area contributed by atoms with Crippen LogP contribution in [0.3, 0.4) is 0 Å². The van der Waals surface area contributed by atoms with Crippen molar-refractivity contribution in [1.82, 2.24) is 0 Å². The summed E-state index contributed by atoms with van der Waals surface area (Å²) in [6, 6.07) is 0. The zero-order valence-corrected chi connectivity index (χ0v) is 8.77. The van der Waals surface area contributed by atoms with E-state index in [0.29, 0.717) is 12.2 Å². The molecule has 0 bridgehead atoms. The number of esters is 1. The van der Waals surface area contributed by atoms with Gasteiger partial charge in [-0.2, -0.15) is 0 Å². The Hall–Kier alpha value is -1.36. The Labute approximate surface area is 88.7 Å². The van der Waals surface area contributed by atoms with Crippen LogP contribution in [0.1, 0.15) is 19.8 Å². The molecule has 1 unspecified atom stereocenters. The fourth-order valence-corrected chi connectivity index (χ4v) is 1.07. The zero-order valence-electron chi connectivity index (χ0n) is 8.77. The lowest BCUT2D eigenvalue weighted by Gasteiger charge is -2.09. The summed E-state index contributed by atoms with van der Waals surface area (Å²) >= 11 is 0. The quantitative estimate of drug-likeness (QED) is 0.432. The predicted molar refractivity (Wildman–Crippen MR) is 53.4 cm³/mol. The van der Waals surface area contributed by atoms with E-state index >= 15 is 0 Å². The fraction of sp³-hybridized carbons (Fsp3) is 0.600. The van der Waals surface area contributed by atoms with E-state index in [-0.39, 0.29) is 18.5 Å². The van der Waals surface area contributed by atoms with Crippen LogP contribution < -0.4 is 0 Å². The average molecular weight is 216 g/mol. The number of ether oxygens (including phenoxy) is 2. The molecule has 5 nitrogen and oxygen atoms in total. The molecule has 15 heavy (non-hydrogen) atoms. The molecule has 0 amide bonds. The van der Waals surface area contributed by atoms with Crippen molar-refractivity contribution >= 4 is 12.4 Å². The lowest BCUT2D eigenvalue weighted by Crippen LogP contribution is -2.17. The van der Waals surface area contributed by atoms with Crippen LogP contribution in [-0.2, 0) is 19.1 Å². The molecule has 0 aromatic carbocycles. The van der Waals surface area contributed by atoms with Crippen LogP contribution >= 0.6 is 0 Å². The Bertz CT molecular complexity index is 218. The minimum absolute atomic E-state index is 0.105. The first-order valence-corrected chi connectivity index (χ1v) is 4.64. The molecule has 1 N–H and O–H groups in total. The maximum Gasteiger partial charge on any atom is 0.333 e. The molecule has 1 rings (SSSR count). The minimum atomic E-state index is -0.328. The van der Waals surface area contributed by atoms with Crippen LogP contribution in [0.2, 0.25) is 0 Å². The molecule has 1 aliphatic heterocycles. The van der Waals surface area contributed by atoms with Crippen LogP contribution in [0.15, 0.2) is 12.2 Å². The molecule has 1 fully saturated rings. The highest BCUT2D eigenvalue weighted by Gasteiger charge is 2.17. The van der Waals surface area contributed by atoms with E-state index in [9.17, 15) is 4.79 Å².